The van der Waals surface area contributed by atoms with Crippen LogP contribution in [0.1, 0.15) is 19.4 Å². The van der Waals surface area contributed by atoms with Crippen LogP contribution in [0.25, 0.3) is 0 Å². The number of hydrogen-bond donors (Lipinski definition) is 2. The molecule has 0 saturated heterocycles. The predicted octanol–water partition coefficient (Wildman–Crippen LogP) is 2.25. The molecule has 1 heterocycles. The molecule has 0 atom stereocenters. The Balaban J connectivity index is 2.22. The maximum Gasteiger partial charge on any atom is 0.313 e. The Morgan fingerprint density at radius 3 is 2.25 bits per heavy atom. The molecule has 0 aliphatic carbocycles. The van der Waals surface area contributed by atoms with Gasteiger partial charge in [-0.1, -0.05) is 12.1 Å². The molecule has 7 nitrogen and oxygen atoms in total. The van der Waals surface area contributed by atoms with Crippen LogP contribution in [0.5, 0.6) is 5.88 Å². The van der Waals surface area contributed by atoms with Gasteiger partial charge in [-0.15, -0.1) is 0 Å². The lowest BCUT2D eigenvalue weighted by molar-refractivity contribution is -0.142. The summed E-state index contributed by atoms with van der Waals surface area (Å²) in [5.74, 6) is -0.644. The second kappa shape index (κ2) is 6.48. The molecule has 0 aliphatic rings. The van der Waals surface area contributed by atoms with Gasteiger partial charge in [0.15, 0.2) is 0 Å². The first-order chi connectivity index (χ1) is 11.2. The van der Waals surface area contributed by atoms with Crippen LogP contribution >= 0.6 is 0 Å². The fourth-order valence-electron chi connectivity index (χ4n) is 1.94. The molecule has 0 spiro atoms. The topological polar surface area (TPSA) is 106 Å². The Kier molecular flexibility index (Phi) is 4.79. The van der Waals surface area contributed by atoms with Crippen LogP contribution in [0, 0.1) is 0 Å². The maximum absolute atomic E-state index is 12.3. The number of sulfonamides is 1. The number of aromatic nitrogens is 1. The quantitative estimate of drug-likeness (QED) is 0.828. The fourth-order valence-corrected chi connectivity index (χ4v) is 2.94. The van der Waals surface area contributed by atoms with E-state index in [2.05, 4.69) is 9.71 Å². The Hall–Kier alpha value is -2.61. The number of ether oxygens (including phenoxy) is 1. The van der Waals surface area contributed by atoms with Crippen LogP contribution in [-0.2, 0) is 20.2 Å². The summed E-state index contributed by atoms with van der Waals surface area (Å²) in [6, 6.07) is 9.04. The number of carbonyl (C=O) groups is 1. The highest BCUT2D eigenvalue weighted by Gasteiger charge is 2.29. The first-order valence-electron chi connectivity index (χ1n) is 7.03. The van der Waals surface area contributed by atoms with Gasteiger partial charge < -0.3 is 9.84 Å². The standard InChI is InChI=1S/C16H18N2O5S/c1-16(2,15(19)20)11-4-6-12(7-5-11)18-24(21,22)13-8-9-14(23-3)17-10-13/h4-10,18H,1-3H3,(H,19,20). The highest BCUT2D eigenvalue weighted by Crippen LogP contribution is 2.25. The smallest absolute Gasteiger partial charge is 0.313 e. The summed E-state index contributed by atoms with van der Waals surface area (Å²) in [7, 11) is -2.35. The molecule has 0 amide bonds. The van der Waals surface area contributed by atoms with Crippen LogP contribution in [0.15, 0.2) is 47.5 Å². The highest BCUT2D eigenvalue weighted by molar-refractivity contribution is 7.92. The third-order valence-electron chi connectivity index (χ3n) is 3.62. The number of carboxylic acid groups (broad SMARTS) is 1. The van der Waals surface area contributed by atoms with Gasteiger partial charge >= 0.3 is 5.97 Å². The van der Waals surface area contributed by atoms with E-state index in [1.807, 2.05) is 0 Å². The van der Waals surface area contributed by atoms with Crippen LogP contribution in [0.3, 0.4) is 0 Å². The van der Waals surface area contributed by atoms with Crippen molar-refractivity contribution in [3.8, 4) is 5.88 Å². The summed E-state index contributed by atoms with van der Waals surface area (Å²) in [5.41, 5.74) is -0.156. The van der Waals surface area contributed by atoms with E-state index < -0.39 is 21.4 Å². The summed E-state index contributed by atoms with van der Waals surface area (Å²) < 4.78 is 31.9. The average molecular weight is 350 g/mol. The molecule has 0 aliphatic heterocycles. The maximum atomic E-state index is 12.3. The van der Waals surface area contributed by atoms with Gasteiger partial charge in [0.05, 0.1) is 18.7 Å². The molecule has 2 N–H and O–H groups in total. The molecule has 0 bridgehead atoms. The second-order valence-corrected chi connectivity index (χ2v) is 7.33. The summed E-state index contributed by atoms with van der Waals surface area (Å²) >= 11 is 0. The summed E-state index contributed by atoms with van der Waals surface area (Å²) in [6.07, 6.45) is 1.20. The second-order valence-electron chi connectivity index (χ2n) is 5.65. The van der Waals surface area contributed by atoms with E-state index in [1.165, 1.54) is 37.6 Å². The largest absolute Gasteiger partial charge is 0.481 e. The van der Waals surface area contributed by atoms with Crippen molar-refractivity contribution in [2.24, 2.45) is 0 Å². The van der Waals surface area contributed by atoms with Gasteiger partial charge in [-0.2, -0.15) is 0 Å². The molecule has 24 heavy (non-hydrogen) atoms. The molecule has 0 saturated carbocycles. The van der Waals surface area contributed by atoms with Crippen LogP contribution in [0.2, 0.25) is 0 Å². The van der Waals surface area contributed by atoms with Crippen molar-refractivity contribution in [1.29, 1.82) is 0 Å². The van der Waals surface area contributed by atoms with E-state index in [1.54, 1.807) is 26.0 Å². The van der Waals surface area contributed by atoms with Crippen LogP contribution < -0.4 is 9.46 Å². The zero-order valence-electron chi connectivity index (χ0n) is 13.5. The molecule has 2 aromatic rings. The minimum Gasteiger partial charge on any atom is -0.481 e. The van der Waals surface area contributed by atoms with Gasteiger partial charge in [-0.3, -0.25) is 9.52 Å². The van der Waals surface area contributed by atoms with Crippen molar-refractivity contribution in [3.63, 3.8) is 0 Å². The van der Waals surface area contributed by atoms with Gasteiger partial charge in [0.25, 0.3) is 10.0 Å². The molecule has 8 heteroatoms. The number of benzene rings is 1. The normalized spacial score (nSPS) is 11.8. The lowest BCUT2D eigenvalue weighted by Crippen LogP contribution is -2.28. The third-order valence-corrected chi connectivity index (χ3v) is 4.99. The monoisotopic (exact) mass is 350 g/mol. The predicted molar refractivity (Wildman–Crippen MR) is 88.7 cm³/mol. The van der Waals surface area contributed by atoms with E-state index in [9.17, 15) is 18.3 Å². The summed E-state index contributed by atoms with van der Waals surface area (Å²) in [5, 5.41) is 9.21. The lowest BCUT2D eigenvalue weighted by atomic mass is 9.85. The molecular formula is C16H18N2O5S. The number of hydrogen-bond acceptors (Lipinski definition) is 5. The summed E-state index contributed by atoms with van der Waals surface area (Å²) in [4.78, 5) is 15.1. The summed E-state index contributed by atoms with van der Waals surface area (Å²) in [6.45, 7) is 3.16. The zero-order chi connectivity index (χ0) is 18.0. The Labute approximate surface area is 140 Å². The SMILES string of the molecule is COc1ccc(S(=O)(=O)Nc2ccc(C(C)(C)C(=O)O)cc2)cn1. The first-order valence-corrected chi connectivity index (χ1v) is 8.52. The number of methoxy groups -OCH3 is 1. The molecule has 1 aromatic heterocycles. The highest BCUT2D eigenvalue weighted by atomic mass is 32.2. The Morgan fingerprint density at radius 2 is 1.79 bits per heavy atom. The molecular weight excluding hydrogens is 332 g/mol. The van der Waals surface area contributed by atoms with Crippen molar-refractivity contribution < 1.29 is 23.1 Å². The van der Waals surface area contributed by atoms with E-state index in [4.69, 9.17) is 4.74 Å². The van der Waals surface area contributed by atoms with Crippen LogP contribution in [-0.4, -0.2) is 31.6 Å². The van der Waals surface area contributed by atoms with Gasteiger partial charge in [-0.05, 0) is 37.6 Å². The molecule has 128 valence electrons. The van der Waals surface area contributed by atoms with Crippen molar-refractivity contribution >= 4 is 21.7 Å². The van der Waals surface area contributed by atoms with E-state index in [0.717, 1.165) is 0 Å². The van der Waals surface area contributed by atoms with Crippen molar-refractivity contribution in [1.82, 2.24) is 4.98 Å². The third kappa shape index (κ3) is 3.65. The molecule has 0 fully saturated rings. The fraction of sp³-hybridized carbons (Fsp3) is 0.250. The molecule has 1 aromatic carbocycles. The number of rotatable bonds is 6. The molecule has 0 radical (unpaired) electrons. The van der Waals surface area contributed by atoms with E-state index in [0.29, 0.717) is 17.1 Å². The molecule has 0 unspecified atom stereocenters. The number of nitrogens with zero attached hydrogens (tertiary/aromatic N) is 1. The van der Waals surface area contributed by atoms with E-state index >= 15 is 0 Å². The zero-order valence-corrected chi connectivity index (χ0v) is 14.3. The average Bonchev–Trinajstić information content (AvgIpc) is 2.55. The number of nitrogens with one attached hydrogen (secondary N) is 1. The Bertz CT molecular complexity index is 828. The number of anilines is 1. The van der Waals surface area contributed by atoms with Crippen molar-refractivity contribution in [2.45, 2.75) is 24.2 Å². The van der Waals surface area contributed by atoms with Crippen molar-refractivity contribution in [3.05, 3.63) is 48.2 Å². The minimum absolute atomic E-state index is 0.00163. The van der Waals surface area contributed by atoms with Crippen LogP contribution in [0.4, 0.5) is 5.69 Å². The van der Waals surface area contributed by atoms with E-state index in [-0.39, 0.29) is 4.90 Å². The molecule has 2 rings (SSSR count). The first kappa shape index (κ1) is 17.7. The number of aliphatic carboxylic acids is 1. The van der Waals surface area contributed by atoms with Gasteiger partial charge in [0, 0.05) is 11.8 Å². The minimum atomic E-state index is -3.79. The van der Waals surface area contributed by atoms with Gasteiger partial charge in [0.1, 0.15) is 4.90 Å². The van der Waals surface area contributed by atoms with Gasteiger partial charge in [-0.25, -0.2) is 13.4 Å². The van der Waals surface area contributed by atoms with Crippen molar-refractivity contribution in [2.75, 3.05) is 11.8 Å². The number of pyridine rings is 1. The van der Waals surface area contributed by atoms with Gasteiger partial charge in [0.2, 0.25) is 5.88 Å². The number of carboxylic acids is 1. The lowest BCUT2D eigenvalue weighted by Gasteiger charge is -2.20. The Morgan fingerprint density at radius 1 is 1.17 bits per heavy atom.